The Hall–Kier alpha value is -2.09. The third-order valence-electron chi connectivity index (χ3n) is 4.57. The van der Waals surface area contributed by atoms with Crippen LogP contribution in [0.15, 0.2) is 29.8 Å². The zero-order valence-corrected chi connectivity index (χ0v) is 15.7. The first-order valence-corrected chi connectivity index (χ1v) is 9.65. The van der Waals surface area contributed by atoms with Crippen molar-refractivity contribution in [2.45, 2.75) is 18.0 Å². The summed E-state index contributed by atoms with van der Waals surface area (Å²) in [6, 6.07) is 1.97. The smallest absolute Gasteiger partial charge is 0.256 e. The molecule has 0 aliphatic carbocycles. The molecule has 3 rings (SSSR count). The average Bonchev–Trinajstić information content (AvgIpc) is 3.08. The van der Waals surface area contributed by atoms with Gasteiger partial charge in [-0.1, -0.05) is 11.8 Å². The summed E-state index contributed by atoms with van der Waals surface area (Å²) in [4.78, 5) is 25.4. The molecule has 0 radical (unpaired) electrons. The molecule has 0 saturated carbocycles. The number of carbonyl (C=O) groups is 1. The molecule has 1 fully saturated rings. The van der Waals surface area contributed by atoms with Crippen LogP contribution in [0, 0.1) is 5.92 Å². The van der Waals surface area contributed by atoms with Crippen molar-refractivity contribution in [1.82, 2.24) is 24.6 Å². The molecule has 0 unspecified atom stereocenters. The molecule has 8 heteroatoms. The summed E-state index contributed by atoms with van der Waals surface area (Å²) in [6.07, 6.45) is 9.31. The molecule has 0 spiro atoms. The highest BCUT2D eigenvalue weighted by molar-refractivity contribution is 7.98. The predicted molar refractivity (Wildman–Crippen MR) is 98.9 cm³/mol. The van der Waals surface area contributed by atoms with E-state index in [0.717, 1.165) is 43.5 Å². The molecular weight excluding hydrogens is 336 g/mol. The molecule has 0 aromatic carbocycles. The molecular formula is C17H24N6OS. The van der Waals surface area contributed by atoms with Gasteiger partial charge >= 0.3 is 0 Å². The van der Waals surface area contributed by atoms with E-state index in [1.165, 1.54) is 0 Å². The Morgan fingerprint density at radius 3 is 2.80 bits per heavy atom. The maximum atomic E-state index is 12.4. The lowest BCUT2D eigenvalue weighted by Gasteiger charge is -2.34. The molecule has 0 bridgehead atoms. The number of rotatable bonds is 5. The molecule has 3 heterocycles. The number of carbonyl (C=O) groups excluding carboxylic acids is 1. The molecule has 1 amide bonds. The molecule has 0 atom stereocenters. The van der Waals surface area contributed by atoms with Crippen LogP contribution in [-0.4, -0.2) is 63.5 Å². The van der Waals surface area contributed by atoms with Gasteiger partial charge in [-0.2, -0.15) is 5.10 Å². The maximum absolute atomic E-state index is 12.4. The first-order chi connectivity index (χ1) is 12.1. The van der Waals surface area contributed by atoms with Crippen LogP contribution in [-0.2, 0) is 7.05 Å². The fourth-order valence-electron chi connectivity index (χ4n) is 3.17. The van der Waals surface area contributed by atoms with E-state index < -0.39 is 0 Å². The van der Waals surface area contributed by atoms with E-state index in [1.54, 1.807) is 28.8 Å². The van der Waals surface area contributed by atoms with Crippen molar-refractivity contribution in [1.29, 1.82) is 0 Å². The quantitative estimate of drug-likeness (QED) is 0.599. The van der Waals surface area contributed by atoms with Crippen molar-refractivity contribution in [3.63, 3.8) is 0 Å². The fraction of sp³-hybridized carbons (Fsp3) is 0.529. The van der Waals surface area contributed by atoms with E-state index in [-0.39, 0.29) is 5.91 Å². The van der Waals surface area contributed by atoms with Crippen molar-refractivity contribution in [2.24, 2.45) is 13.0 Å². The van der Waals surface area contributed by atoms with Gasteiger partial charge in [-0.25, -0.2) is 9.97 Å². The predicted octanol–water partition coefficient (Wildman–Crippen LogP) is 1.92. The molecule has 2 aromatic heterocycles. The Morgan fingerprint density at radius 1 is 1.40 bits per heavy atom. The third kappa shape index (κ3) is 4.31. The van der Waals surface area contributed by atoms with Crippen LogP contribution < -0.4 is 4.90 Å². The summed E-state index contributed by atoms with van der Waals surface area (Å²) in [7, 11) is 3.69. The molecule has 1 saturated heterocycles. The van der Waals surface area contributed by atoms with E-state index in [9.17, 15) is 4.79 Å². The minimum atomic E-state index is 0.0379. The second kappa shape index (κ2) is 7.86. The topological polar surface area (TPSA) is 67.2 Å². The van der Waals surface area contributed by atoms with Gasteiger partial charge in [0, 0.05) is 46.1 Å². The third-order valence-corrected chi connectivity index (χ3v) is 5.13. The lowest BCUT2D eigenvalue weighted by atomic mass is 9.96. The maximum Gasteiger partial charge on any atom is 0.256 e. The average molecular weight is 360 g/mol. The molecule has 1 aliphatic heterocycles. The Kier molecular flexibility index (Phi) is 5.57. The van der Waals surface area contributed by atoms with Gasteiger partial charge in [0.2, 0.25) is 0 Å². The summed E-state index contributed by atoms with van der Waals surface area (Å²) in [6.45, 7) is 2.70. The molecule has 134 valence electrons. The second-order valence-electron chi connectivity index (χ2n) is 6.42. The van der Waals surface area contributed by atoms with Crippen molar-refractivity contribution in [3.05, 3.63) is 30.2 Å². The van der Waals surface area contributed by atoms with Crippen molar-refractivity contribution in [3.8, 4) is 0 Å². The highest BCUT2D eigenvalue weighted by Gasteiger charge is 2.23. The summed E-state index contributed by atoms with van der Waals surface area (Å²) in [5.74, 6) is 1.55. The molecule has 25 heavy (non-hydrogen) atoms. The van der Waals surface area contributed by atoms with Crippen molar-refractivity contribution in [2.75, 3.05) is 37.8 Å². The van der Waals surface area contributed by atoms with E-state index >= 15 is 0 Å². The van der Waals surface area contributed by atoms with Crippen LogP contribution in [0.25, 0.3) is 0 Å². The summed E-state index contributed by atoms with van der Waals surface area (Å²) >= 11 is 1.56. The second-order valence-corrected chi connectivity index (χ2v) is 7.19. The summed E-state index contributed by atoms with van der Waals surface area (Å²) < 4.78 is 1.66. The van der Waals surface area contributed by atoms with E-state index in [0.29, 0.717) is 11.5 Å². The number of hydrogen-bond acceptors (Lipinski definition) is 6. The van der Waals surface area contributed by atoms with Crippen LogP contribution in [0.2, 0.25) is 0 Å². The number of piperidine rings is 1. The number of hydrogen-bond donors (Lipinski definition) is 0. The van der Waals surface area contributed by atoms with E-state index in [1.807, 2.05) is 37.5 Å². The van der Waals surface area contributed by atoms with Crippen molar-refractivity contribution >= 4 is 23.5 Å². The van der Waals surface area contributed by atoms with Gasteiger partial charge in [0.1, 0.15) is 5.82 Å². The van der Waals surface area contributed by atoms with Crippen molar-refractivity contribution < 1.29 is 4.79 Å². The number of aryl methyl sites for hydroxylation is 1. The minimum absolute atomic E-state index is 0.0379. The largest absolute Gasteiger partial charge is 0.356 e. The summed E-state index contributed by atoms with van der Waals surface area (Å²) in [5, 5.41) is 4.88. The first-order valence-electron chi connectivity index (χ1n) is 8.43. The van der Waals surface area contributed by atoms with Crippen LogP contribution in [0.1, 0.15) is 23.2 Å². The molecule has 0 N–H and O–H groups in total. The van der Waals surface area contributed by atoms with Crippen LogP contribution in [0.4, 0.5) is 5.82 Å². The van der Waals surface area contributed by atoms with Crippen LogP contribution in [0.3, 0.4) is 0 Å². The Balaban J connectivity index is 1.52. The normalized spacial score (nSPS) is 15.4. The minimum Gasteiger partial charge on any atom is -0.356 e. The fourth-order valence-corrected chi connectivity index (χ4v) is 3.52. The van der Waals surface area contributed by atoms with Gasteiger partial charge in [-0.15, -0.1) is 0 Å². The number of nitrogens with zero attached hydrogens (tertiary/aromatic N) is 6. The zero-order valence-electron chi connectivity index (χ0n) is 14.9. The molecule has 2 aromatic rings. The summed E-state index contributed by atoms with van der Waals surface area (Å²) in [5.41, 5.74) is 0.646. The standard InChI is InChI=1S/C17H24N6OS/c1-21(16(24)14-10-19-22(2)12-14)11-13-5-8-23(9-6-13)15-4-7-18-17(20-15)25-3/h4,7,10,12-13H,5-6,8-9,11H2,1-3H3. The van der Waals surface area contributed by atoms with Gasteiger partial charge in [0.25, 0.3) is 5.91 Å². The molecule has 1 aliphatic rings. The molecule has 7 nitrogen and oxygen atoms in total. The number of anilines is 1. The Labute approximate surface area is 152 Å². The van der Waals surface area contributed by atoms with E-state index in [2.05, 4.69) is 20.0 Å². The van der Waals surface area contributed by atoms with Gasteiger partial charge in [0.05, 0.1) is 11.8 Å². The lowest BCUT2D eigenvalue weighted by Crippen LogP contribution is -2.39. The number of amides is 1. The Morgan fingerprint density at radius 2 is 2.16 bits per heavy atom. The highest BCUT2D eigenvalue weighted by atomic mass is 32.2. The first kappa shape index (κ1) is 17.7. The number of aromatic nitrogens is 4. The van der Waals surface area contributed by atoms with Crippen LogP contribution in [0.5, 0.6) is 0 Å². The SMILES string of the molecule is CSc1nccc(N2CCC(CN(C)C(=O)c3cnn(C)c3)CC2)n1. The number of thioether (sulfide) groups is 1. The Bertz CT molecular complexity index is 725. The monoisotopic (exact) mass is 360 g/mol. The van der Waals surface area contributed by atoms with Gasteiger partial charge in [0.15, 0.2) is 5.16 Å². The van der Waals surface area contributed by atoms with Gasteiger partial charge < -0.3 is 9.80 Å². The van der Waals surface area contributed by atoms with Gasteiger partial charge in [-0.3, -0.25) is 9.48 Å². The van der Waals surface area contributed by atoms with E-state index in [4.69, 9.17) is 0 Å². The highest BCUT2D eigenvalue weighted by Crippen LogP contribution is 2.23. The van der Waals surface area contributed by atoms with Crippen LogP contribution >= 0.6 is 11.8 Å². The zero-order chi connectivity index (χ0) is 17.8. The van der Waals surface area contributed by atoms with Gasteiger partial charge in [-0.05, 0) is 31.1 Å². The lowest BCUT2D eigenvalue weighted by molar-refractivity contribution is 0.0765.